The topological polar surface area (TPSA) is 58.6 Å². The molecule has 8 heteroatoms. The number of amides is 2. The Morgan fingerprint density at radius 3 is 2.56 bits per heavy atom. The lowest BCUT2D eigenvalue weighted by molar-refractivity contribution is -0.137. The molecule has 4 rings (SSSR count). The van der Waals surface area contributed by atoms with Crippen LogP contribution < -0.4 is 10.1 Å². The van der Waals surface area contributed by atoms with Crippen LogP contribution in [0.3, 0.4) is 0 Å². The van der Waals surface area contributed by atoms with Crippen LogP contribution in [-0.2, 0) is 17.5 Å². The van der Waals surface area contributed by atoms with Crippen molar-refractivity contribution in [3.63, 3.8) is 0 Å². The van der Waals surface area contributed by atoms with E-state index in [0.29, 0.717) is 36.3 Å². The number of alkyl halides is 3. The van der Waals surface area contributed by atoms with Gasteiger partial charge in [-0.3, -0.25) is 9.59 Å². The van der Waals surface area contributed by atoms with Crippen molar-refractivity contribution in [1.82, 2.24) is 10.2 Å². The lowest BCUT2D eigenvalue weighted by Gasteiger charge is -2.32. The highest BCUT2D eigenvalue weighted by Crippen LogP contribution is 2.31. The first-order chi connectivity index (χ1) is 16.3. The number of fused-ring (bicyclic) bond motifs is 1. The summed E-state index contributed by atoms with van der Waals surface area (Å²) < 4.78 is 44.2. The number of nitrogens with one attached hydrogen (secondary N) is 1. The molecule has 1 fully saturated rings. The molecule has 1 N–H and O–H groups in total. The van der Waals surface area contributed by atoms with Crippen LogP contribution in [0.15, 0.2) is 60.7 Å². The molecule has 1 heterocycles. The molecule has 34 heavy (non-hydrogen) atoms. The first-order valence-electron chi connectivity index (χ1n) is 11.1. The Morgan fingerprint density at radius 2 is 1.82 bits per heavy atom. The van der Waals surface area contributed by atoms with Crippen molar-refractivity contribution in [2.24, 2.45) is 5.92 Å². The highest BCUT2D eigenvalue weighted by Gasteiger charge is 2.31. The third-order valence-electron chi connectivity index (χ3n) is 6.13. The molecule has 1 aliphatic heterocycles. The van der Waals surface area contributed by atoms with E-state index in [-0.39, 0.29) is 24.9 Å². The SMILES string of the molecule is COc1ccc(C(=O)N2CCCC(C(=O)NCc3cccc(C(F)(F)F)c3)C2)c2ccccc12. The molecular formula is C26H25F3N2O3. The molecule has 0 saturated carbocycles. The van der Waals surface area contributed by atoms with Gasteiger partial charge in [0, 0.05) is 30.6 Å². The highest BCUT2D eigenvalue weighted by atomic mass is 19.4. The molecule has 2 amide bonds. The van der Waals surface area contributed by atoms with E-state index in [1.165, 1.54) is 6.07 Å². The summed E-state index contributed by atoms with van der Waals surface area (Å²) in [5.74, 6) is -0.172. The zero-order valence-electron chi connectivity index (χ0n) is 18.7. The molecule has 5 nitrogen and oxygen atoms in total. The van der Waals surface area contributed by atoms with Crippen molar-refractivity contribution in [2.75, 3.05) is 20.2 Å². The lowest BCUT2D eigenvalue weighted by atomic mass is 9.95. The normalized spacial score (nSPS) is 16.4. The van der Waals surface area contributed by atoms with Crippen LogP contribution in [0.2, 0.25) is 0 Å². The maximum absolute atomic E-state index is 13.3. The number of hydrogen-bond acceptors (Lipinski definition) is 3. The van der Waals surface area contributed by atoms with Crippen LogP contribution in [0.5, 0.6) is 5.75 Å². The molecular weight excluding hydrogens is 445 g/mol. The fraction of sp³-hybridized carbons (Fsp3) is 0.308. The molecule has 1 aliphatic rings. The van der Waals surface area contributed by atoms with Gasteiger partial charge in [-0.25, -0.2) is 0 Å². The fourth-order valence-corrected chi connectivity index (χ4v) is 4.37. The van der Waals surface area contributed by atoms with E-state index in [9.17, 15) is 22.8 Å². The van der Waals surface area contributed by atoms with E-state index in [1.54, 1.807) is 30.2 Å². The van der Waals surface area contributed by atoms with Crippen molar-refractivity contribution in [1.29, 1.82) is 0 Å². The highest BCUT2D eigenvalue weighted by molar-refractivity contribution is 6.08. The summed E-state index contributed by atoms with van der Waals surface area (Å²) in [7, 11) is 1.58. The Balaban J connectivity index is 1.44. The monoisotopic (exact) mass is 470 g/mol. The second-order valence-electron chi connectivity index (χ2n) is 8.37. The predicted octanol–water partition coefficient (Wildman–Crippen LogP) is 5.04. The van der Waals surface area contributed by atoms with E-state index in [1.807, 2.05) is 24.3 Å². The Morgan fingerprint density at radius 1 is 1.06 bits per heavy atom. The number of rotatable bonds is 5. The fourth-order valence-electron chi connectivity index (χ4n) is 4.37. The second kappa shape index (κ2) is 9.75. The molecule has 0 aromatic heterocycles. The third kappa shape index (κ3) is 5.00. The maximum atomic E-state index is 13.3. The molecule has 178 valence electrons. The number of likely N-dealkylation sites (tertiary alicyclic amines) is 1. The average Bonchev–Trinajstić information content (AvgIpc) is 2.86. The summed E-state index contributed by atoms with van der Waals surface area (Å²) in [6.07, 6.45) is -3.15. The Kier molecular flexibility index (Phi) is 6.77. The predicted molar refractivity (Wildman–Crippen MR) is 122 cm³/mol. The Hall–Kier alpha value is -3.55. The quantitative estimate of drug-likeness (QED) is 0.569. The summed E-state index contributed by atoms with van der Waals surface area (Å²) in [5.41, 5.74) is 0.165. The van der Waals surface area contributed by atoms with Crippen molar-refractivity contribution >= 4 is 22.6 Å². The van der Waals surface area contributed by atoms with Crippen molar-refractivity contribution in [3.8, 4) is 5.75 Å². The molecule has 3 aromatic carbocycles. The summed E-state index contributed by atoms with van der Waals surface area (Å²) in [6.45, 7) is 0.792. The Bertz CT molecular complexity index is 1210. The molecule has 1 saturated heterocycles. The van der Waals surface area contributed by atoms with Gasteiger partial charge in [-0.05, 0) is 48.1 Å². The minimum atomic E-state index is -4.43. The van der Waals surface area contributed by atoms with Crippen LogP contribution in [0.4, 0.5) is 13.2 Å². The molecule has 0 aliphatic carbocycles. The first kappa shape index (κ1) is 23.6. The van der Waals surface area contributed by atoms with Crippen molar-refractivity contribution in [3.05, 3.63) is 77.4 Å². The minimum Gasteiger partial charge on any atom is -0.496 e. The number of benzene rings is 3. The van der Waals surface area contributed by atoms with E-state index < -0.39 is 17.7 Å². The van der Waals surface area contributed by atoms with Gasteiger partial charge in [-0.15, -0.1) is 0 Å². The largest absolute Gasteiger partial charge is 0.496 e. The molecule has 1 atom stereocenters. The summed E-state index contributed by atoms with van der Waals surface area (Å²) >= 11 is 0. The number of ether oxygens (including phenoxy) is 1. The van der Waals surface area contributed by atoms with Gasteiger partial charge < -0.3 is 15.0 Å². The molecule has 0 radical (unpaired) electrons. The van der Waals surface area contributed by atoms with Crippen LogP contribution in [0.25, 0.3) is 10.8 Å². The van der Waals surface area contributed by atoms with E-state index in [0.717, 1.165) is 22.9 Å². The van der Waals surface area contributed by atoms with E-state index >= 15 is 0 Å². The van der Waals surface area contributed by atoms with Gasteiger partial charge in [0.05, 0.1) is 18.6 Å². The Labute approximate surface area is 195 Å². The van der Waals surface area contributed by atoms with E-state index in [2.05, 4.69) is 5.32 Å². The van der Waals surface area contributed by atoms with Gasteiger partial charge in [0.25, 0.3) is 5.91 Å². The number of hydrogen-bond donors (Lipinski definition) is 1. The van der Waals surface area contributed by atoms with Crippen LogP contribution in [0.1, 0.15) is 34.3 Å². The molecule has 3 aromatic rings. The van der Waals surface area contributed by atoms with Gasteiger partial charge in [0.2, 0.25) is 5.91 Å². The zero-order valence-corrected chi connectivity index (χ0v) is 18.7. The second-order valence-corrected chi connectivity index (χ2v) is 8.37. The molecule has 0 bridgehead atoms. The minimum absolute atomic E-state index is 0.00365. The summed E-state index contributed by atoms with van der Waals surface area (Å²) in [5, 5.41) is 4.35. The van der Waals surface area contributed by atoms with Crippen LogP contribution in [-0.4, -0.2) is 36.9 Å². The number of piperidine rings is 1. The van der Waals surface area contributed by atoms with Gasteiger partial charge in [0.15, 0.2) is 0 Å². The van der Waals surface area contributed by atoms with Crippen molar-refractivity contribution < 1.29 is 27.5 Å². The van der Waals surface area contributed by atoms with Gasteiger partial charge in [-0.1, -0.05) is 36.4 Å². The first-order valence-corrected chi connectivity index (χ1v) is 11.1. The number of carbonyl (C=O) groups is 2. The van der Waals surface area contributed by atoms with Crippen molar-refractivity contribution in [2.45, 2.75) is 25.6 Å². The summed E-state index contributed by atoms with van der Waals surface area (Å²) in [6, 6.07) is 15.9. The number of methoxy groups -OCH3 is 1. The zero-order chi connectivity index (χ0) is 24.3. The van der Waals surface area contributed by atoms with Crippen LogP contribution >= 0.6 is 0 Å². The maximum Gasteiger partial charge on any atom is 0.416 e. The van der Waals surface area contributed by atoms with Crippen LogP contribution in [0, 0.1) is 5.92 Å². The third-order valence-corrected chi connectivity index (χ3v) is 6.13. The van der Waals surface area contributed by atoms with Gasteiger partial charge >= 0.3 is 6.18 Å². The standard InChI is InChI=1S/C26H25F3N2O3/c1-34-23-12-11-22(20-9-2-3-10-21(20)23)25(33)31-13-5-7-18(16-31)24(32)30-15-17-6-4-8-19(14-17)26(27,28)29/h2-4,6,8-12,14,18H,5,7,13,15-16H2,1H3,(H,30,32). The summed E-state index contributed by atoms with van der Waals surface area (Å²) in [4.78, 5) is 27.8. The average molecular weight is 470 g/mol. The van der Waals surface area contributed by atoms with E-state index in [4.69, 9.17) is 4.74 Å². The number of halogens is 3. The lowest BCUT2D eigenvalue weighted by Crippen LogP contribution is -2.45. The molecule has 1 unspecified atom stereocenters. The van der Waals surface area contributed by atoms with Gasteiger partial charge in [-0.2, -0.15) is 13.2 Å². The number of nitrogens with zero attached hydrogens (tertiary/aromatic N) is 1. The number of carbonyl (C=O) groups excluding carboxylic acids is 2. The van der Waals surface area contributed by atoms with Gasteiger partial charge in [0.1, 0.15) is 5.75 Å². The molecule has 0 spiro atoms. The smallest absolute Gasteiger partial charge is 0.416 e.